The lowest BCUT2D eigenvalue weighted by Gasteiger charge is -2.13. The van der Waals surface area contributed by atoms with Gasteiger partial charge in [0.2, 0.25) is 5.78 Å². The van der Waals surface area contributed by atoms with Crippen molar-refractivity contribution in [1.29, 1.82) is 0 Å². The number of non-ortho nitro benzene ring substituents is 1. The van der Waals surface area contributed by atoms with Gasteiger partial charge < -0.3 is 9.47 Å². The van der Waals surface area contributed by atoms with Crippen molar-refractivity contribution in [2.75, 3.05) is 13.7 Å². The van der Waals surface area contributed by atoms with Gasteiger partial charge in [-0.1, -0.05) is 17.7 Å². The summed E-state index contributed by atoms with van der Waals surface area (Å²) < 4.78 is 10.6. The Kier molecular flexibility index (Phi) is 5.18. The molecule has 6 heteroatoms. The second-order valence-corrected chi connectivity index (χ2v) is 5.58. The van der Waals surface area contributed by atoms with E-state index in [0.717, 1.165) is 16.7 Å². The number of nitrogens with zero attached hydrogens (tertiary/aromatic N) is 1. The Morgan fingerprint density at radius 2 is 1.71 bits per heavy atom. The molecular weight excluding hydrogens is 310 g/mol. The van der Waals surface area contributed by atoms with Crippen molar-refractivity contribution in [1.82, 2.24) is 0 Å². The second kappa shape index (κ2) is 7.12. The number of hydrogen-bond donors (Lipinski definition) is 0. The van der Waals surface area contributed by atoms with Crippen LogP contribution in [0.3, 0.4) is 0 Å². The first-order valence-electron chi connectivity index (χ1n) is 7.39. The van der Waals surface area contributed by atoms with Crippen LogP contribution in [0.5, 0.6) is 11.5 Å². The summed E-state index contributed by atoms with van der Waals surface area (Å²) in [5.74, 6) is 0.326. The highest BCUT2D eigenvalue weighted by atomic mass is 16.6. The quantitative estimate of drug-likeness (QED) is 0.458. The van der Waals surface area contributed by atoms with Crippen LogP contribution in [0.15, 0.2) is 30.3 Å². The molecule has 0 spiro atoms. The number of ketones is 1. The Balaban J connectivity index is 2.23. The largest absolute Gasteiger partial charge is 0.493 e. The van der Waals surface area contributed by atoms with E-state index in [9.17, 15) is 14.9 Å². The molecule has 0 amide bonds. The van der Waals surface area contributed by atoms with E-state index in [0.29, 0.717) is 11.3 Å². The smallest absolute Gasteiger partial charge is 0.273 e. The first kappa shape index (κ1) is 17.5. The molecule has 0 aromatic heterocycles. The Morgan fingerprint density at radius 1 is 1.08 bits per heavy atom. The molecule has 0 fully saturated rings. The number of nitro benzene ring substituents is 1. The summed E-state index contributed by atoms with van der Waals surface area (Å²) in [5.41, 5.74) is 3.34. The van der Waals surface area contributed by atoms with E-state index in [1.165, 1.54) is 25.3 Å². The predicted octanol–water partition coefficient (Wildman–Crippen LogP) is 3.79. The number of carbonyl (C=O) groups is 1. The number of aryl methyl sites for hydroxylation is 3. The van der Waals surface area contributed by atoms with Crippen molar-refractivity contribution < 1.29 is 19.2 Å². The van der Waals surface area contributed by atoms with E-state index in [4.69, 9.17) is 9.47 Å². The molecule has 2 aromatic rings. The maximum atomic E-state index is 12.5. The normalized spacial score (nSPS) is 10.3. The van der Waals surface area contributed by atoms with Crippen LogP contribution in [0.25, 0.3) is 0 Å². The molecule has 0 bridgehead atoms. The minimum atomic E-state index is -0.525. The first-order valence-corrected chi connectivity index (χ1v) is 7.39. The van der Waals surface area contributed by atoms with Gasteiger partial charge in [-0.3, -0.25) is 14.9 Å². The van der Waals surface area contributed by atoms with Gasteiger partial charge in [-0.05, 0) is 38.0 Å². The molecule has 24 heavy (non-hydrogen) atoms. The number of carbonyl (C=O) groups excluding carboxylic acids is 1. The minimum absolute atomic E-state index is 0.124. The maximum absolute atomic E-state index is 12.5. The molecule has 0 aliphatic rings. The molecule has 0 aliphatic heterocycles. The molecule has 0 N–H and O–H groups in total. The molecular formula is C18H19NO5. The second-order valence-electron chi connectivity index (χ2n) is 5.58. The first-order chi connectivity index (χ1) is 11.3. The summed E-state index contributed by atoms with van der Waals surface area (Å²) in [6.07, 6.45) is 0. The monoisotopic (exact) mass is 329 g/mol. The van der Waals surface area contributed by atoms with Crippen LogP contribution in [0.4, 0.5) is 5.69 Å². The van der Waals surface area contributed by atoms with Gasteiger partial charge in [0.25, 0.3) is 5.69 Å². The van der Waals surface area contributed by atoms with Crippen molar-refractivity contribution in [2.24, 2.45) is 0 Å². The highest BCUT2D eigenvalue weighted by molar-refractivity contribution is 6.00. The van der Waals surface area contributed by atoms with Crippen molar-refractivity contribution in [2.45, 2.75) is 20.8 Å². The third kappa shape index (κ3) is 3.71. The Labute approximate surface area is 140 Å². The fourth-order valence-corrected chi connectivity index (χ4v) is 2.73. The van der Waals surface area contributed by atoms with E-state index >= 15 is 0 Å². The van der Waals surface area contributed by atoms with E-state index < -0.39 is 4.92 Å². The average molecular weight is 329 g/mol. The Morgan fingerprint density at radius 3 is 2.25 bits per heavy atom. The topological polar surface area (TPSA) is 78.7 Å². The number of methoxy groups -OCH3 is 1. The zero-order valence-corrected chi connectivity index (χ0v) is 14.1. The highest BCUT2D eigenvalue weighted by Gasteiger charge is 2.17. The number of rotatable bonds is 6. The average Bonchev–Trinajstić information content (AvgIpc) is 2.51. The van der Waals surface area contributed by atoms with Gasteiger partial charge in [-0.2, -0.15) is 0 Å². The zero-order chi connectivity index (χ0) is 17.9. The fourth-order valence-electron chi connectivity index (χ4n) is 2.73. The van der Waals surface area contributed by atoms with Gasteiger partial charge in [0.1, 0.15) is 0 Å². The van der Waals surface area contributed by atoms with Crippen LogP contribution >= 0.6 is 0 Å². The van der Waals surface area contributed by atoms with Crippen LogP contribution in [-0.2, 0) is 0 Å². The summed E-state index contributed by atoms with van der Waals surface area (Å²) in [7, 11) is 1.43. The summed E-state index contributed by atoms with van der Waals surface area (Å²) >= 11 is 0. The van der Waals surface area contributed by atoms with E-state index in [2.05, 4.69) is 0 Å². The number of benzene rings is 2. The molecule has 0 heterocycles. The van der Waals surface area contributed by atoms with E-state index in [1.54, 1.807) is 0 Å². The molecule has 2 aromatic carbocycles. The Bertz CT molecular complexity index is 775. The molecule has 0 unspecified atom stereocenters. The number of nitro groups is 1. The summed E-state index contributed by atoms with van der Waals surface area (Å²) in [5, 5.41) is 10.9. The van der Waals surface area contributed by atoms with Crippen LogP contribution in [-0.4, -0.2) is 24.4 Å². The number of ether oxygens (including phenoxy) is 2. The van der Waals surface area contributed by atoms with E-state index in [-0.39, 0.29) is 23.8 Å². The lowest BCUT2D eigenvalue weighted by atomic mass is 9.97. The number of Topliss-reactive ketones (excluding diaryl/α,β-unsaturated/α-hetero) is 1. The van der Waals surface area contributed by atoms with Crippen LogP contribution in [0.2, 0.25) is 0 Å². The summed E-state index contributed by atoms with van der Waals surface area (Å²) in [4.78, 5) is 22.8. The number of hydrogen-bond acceptors (Lipinski definition) is 5. The molecule has 0 saturated carbocycles. The molecule has 126 valence electrons. The molecule has 0 atom stereocenters. The van der Waals surface area contributed by atoms with Crippen molar-refractivity contribution in [3.8, 4) is 11.5 Å². The predicted molar refractivity (Wildman–Crippen MR) is 90.1 cm³/mol. The van der Waals surface area contributed by atoms with Crippen LogP contribution in [0.1, 0.15) is 27.0 Å². The lowest BCUT2D eigenvalue weighted by molar-refractivity contribution is -0.385. The van der Waals surface area contributed by atoms with Crippen LogP contribution in [0, 0.1) is 30.9 Å². The minimum Gasteiger partial charge on any atom is -0.493 e. The third-order valence-corrected chi connectivity index (χ3v) is 3.67. The van der Waals surface area contributed by atoms with Gasteiger partial charge in [-0.25, -0.2) is 0 Å². The maximum Gasteiger partial charge on any atom is 0.273 e. The molecule has 0 saturated heterocycles. The zero-order valence-electron chi connectivity index (χ0n) is 14.1. The molecule has 2 rings (SSSR count). The Hall–Kier alpha value is -2.89. The lowest BCUT2D eigenvalue weighted by Crippen LogP contribution is -2.15. The SMILES string of the molecule is COc1ccc([N+](=O)[O-])cc1OCC(=O)c1c(C)cc(C)cc1C. The third-order valence-electron chi connectivity index (χ3n) is 3.67. The van der Waals surface area contributed by atoms with Gasteiger partial charge in [0.05, 0.1) is 18.1 Å². The van der Waals surface area contributed by atoms with Gasteiger partial charge in [0.15, 0.2) is 18.1 Å². The van der Waals surface area contributed by atoms with Crippen LogP contribution < -0.4 is 9.47 Å². The van der Waals surface area contributed by atoms with Crippen molar-refractivity contribution in [3.05, 3.63) is 62.7 Å². The van der Waals surface area contributed by atoms with Crippen molar-refractivity contribution in [3.63, 3.8) is 0 Å². The molecule has 6 nitrogen and oxygen atoms in total. The standard InChI is InChI=1S/C18H19NO5/c1-11-7-12(2)18(13(3)8-11)15(20)10-24-17-9-14(19(21)22)5-6-16(17)23-4/h5-9H,10H2,1-4H3. The summed E-state index contributed by atoms with van der Waals surface area (Å²) in [6.45, 7) is 5.50. The van der Waals surface area contributed by atoms with Gasteiger partial charge in [-0.15, -0.1) is 0 Å². The molecule has 0 aliphatic carbocycles. The van der Waals surface area contributed by atoms with Crippen molar-refractivity contribution >= 4 is 11.5 Å². The van der Waals surface area contributed by atoms with Gasteiger partial charge >= 0.3 is 0 Å². The van der Waals surface area contributed by atoms with E-state index in [1.807, 2.05) is 32.9 Å². The fraction of sp³-hybridized carbons (Fsp3) is 0.278. The van der Waals surface area contributed by atoms with Gasteiger partial charge in [0, 0.05) is 11.6 Å². The summed E-state index contributed by atoms with van der Waals surface area (Å²) in [6, 6.07) is 7.89. The highest BCUT2D eigenvalue weighted by Crippen LogP contribution is 2.31. The molecule has 0 radical (unpaired) electrons.